The highest BCUT2D eigenvalue weighted by Crippen LogP contribution is 2.28. The van der Waals surface area contributed by atoms with Crippen LogP contribution >= 0.6 is 0 Å². The molecule has 0 unspecified atom stereocenters. The summed E-state index contributed by atoms with van der Waals surface area (Å²) in [6, 6.07) is 18.1. The Morgan fingerprint density at radius 3 is 2.54 bits per heavy atom. The maximum absolute atomic E-state index is 11.7. The molecular weight excluding hydrogens is 492 g/mol. The number of aromatic nitrogens is 4. The van der Waals surface area contributed by atoms with E-state index in [-0.39, 0.29) is 11.5 Å². The molecule has 188 valence electrons. The summed E-state index contributed by atoms with van der Waals surface area (Å²) in [5.74, 6) is 1.27. The third kappa shape index (κ3) is 4.71. The molecule has 2 N–H and O–H groups in total. The van der Waals surface area contributed by atoms with Gasteiger partial charge in [-0.25, -0.2) is 28.5 Å². The van der Waals surface area contributed by atoms with Crippen LogP contribution in [0.4, 0.5) is 5.82 Å². The molecule has 5 aromatic rings. The van der Waals surface area contributed by atoms with Gasteiger partial charge in [-0.1, -0.05) is 30.3 Å². The lowest BCUT2D eigenvalue weighted by Crippen LogP contribution is -2.37. The number of fused-ring (bicyclic) bond motifs is 2. The Kier molecular flexibility index (Phi) is 5.95. The minimum atomic E-state index is -3.78. The van der Waals surface area contributed by atoms with Crippen LogP contribution in [0.25, 0.3) is 27.8 Å². The first-order valence-electron chi connectivity index (χ1n) is 11.8. The van der Waals surface area contributed by atoms with Crippen LogP contribution in [0, 0.1) is 0 Å². The lowest BCUT2D eigenvalue weighted by Gasteiger charge is -2.28. The van der Waals surface area contributed by atoms with Gasteiger partial charge < -0.3 is 14.4 Å². The summed E-state index contributed by atoms with van der Waals surface area (Å²) in [7, 11) is -3.78. The molecule has 0 saturated carbocycles. The van der Waals surface area contributed by atoms with E-state index >= 15 is 0 Å². The highest BCUT2D eigenvalue weighted by molar-refractivity contribution is 7.89. The molecule has 3 aromatic heterocycles. The van der Waals surface area contributed by atoms with E-state index in [9.17, 15) is 8.42 Å². The van der Waals surface area contributed by atoms with Crippen LogP contribution in [0.15, 0.2) is 78.0 Å². The number of primary sulfonamides is 1. The lowest BCUT2D eigenvalue weighted by molar-refractivity contribution is 0.122. The summed E-state index contributed by atoms with van der Waals surface area (Å²) < 4.78 is 36.8. The number of rotatable bonds is 6. The molecule has 1 saturated heterocycles. The molecular formula is C26H24N6O4S. The second-order valence-corrected chi connectivity index (χ2v) is 10.3. The molecule has 1 fully saturated rings. The second kappa shape index (κ2) is 9.43. The van der Waals surface area contributed by atoms with Gasteiger partial charge >= 0.3 is 0 Å². The minimum Gasteiger partial charge on any atom is -0.471 e. The van der Waals surface area contributed by atoms with Crippen molar-refractivity contribution in [3.8, 4) is 17.1 Å². The molecule has 4 heterocycles. The van der Waals surface area contributed by atoms with Crippen molar-refractivity contribution < 1.29 is 17.9 Å². The first-order chi connectivity index (χ1) is 18.0. The maximum Gasteiger partial charge on any atom is 0.238 e. The Labute approximate surface area is 213 Å². The molecule has 0 bridgehead atoms. The first-order valence-corrected chi connectivity index (χ1v) is 13.3. The molecule has 10 nitrogen and oxygen atoms in total. The highest BCUT2D eigenvalue weighted by Gasteiger charge is 2.20. The molecule has 2 aromatic carbocycles. The third-order valence-electron chi connectivity index (χ3n) is 6.25. The quantitative estimate of drug-likeness (QED) is 0.365. The Hall–Kier alpha value is -4.06. The summed E-state index contributed by atoms with van der Waals surface area (Å²) >= 11 is 0. The topological polar surface area (TPSA) is 125 Å². The van der Waals surface area contributed by atoms with E-state index in [0.717, 1.165) is 28.0 Å². The fourth-order valence-electron chi connectivity index (χ4n) is 4.38. The van der Waals surface area contributed by atoms with Crippen LogP contribution in [-0.4, -0.2) is 54.1 Å². The van der Waals surface area contributed by atoms with Crippen molar-refractivity contribution in [2.24, 2.45) is 5.14 Å². The van der Waals surface area contributed by atoms with E-state index in [4.69, 9.17) is 24.6 Å². The third-order valence-corrected chi connectivity index (χ3v) is 7.18. The number of ether oxygens (including phenoxy) is 2. The zero-order valence-electron chi connectivity index (χ0n) is 19.8. The van der Waals surface area contributed by atoms with Gasteiger partial charge in [-0.05, 0) is 24.3 Å². The summed E-state index contributed by atoms with van der Waals surface area (Å²) in [4.78, 5) is 16.4. The molecule has 11 heteroatoms. The van der Waals surface area contributed by atoms with E-state index in [1.54, 1.807) is 18.3 Å². The van der Waals surface area contributed by atoms with Crippen LogP contribution in [0.3, 0.4) is 0 Å². The normalized spacial score (nSPS) is 14.4. The van der Waals surface area contributed by atoms with Crippen molar-refractivity contribution in [1.29, 1.82) is 0 Å². The van der Waals surface area contributed by atoms with Crippen molar-refractivity contribution in [2.45, 2.75) is 11.5 Å². The average molecular weight is 517 g/mol. The van der Waals surface area contributed by atoms with Crippen molar-refractivity contribution >= 4 is 32.4 Å². The molecule has 0 atom stereocenters. The predicted molar refractivity (Wildman–Crippen MR) is 139 cm³/mol. The van der Waals surface area contributed by atoms with Gasteiger partial charge in [0.15, 0.2) is 11.5 Å². The summed E-state index contributed by atoms with van der Waals surface area (Å²) in [6.07, 6.45) is 3.67. The molecule has 0 radical (unpaired) electrons. The summed E-state index contributed by atoms with van der Waals surface area (Å²) in [5.41, 5.74) is 3.79. The van der Waals surface area contributed by atoms with Gasteiger partial charge in [-0.3, -0.25) is 4.40 Å². The van der Waals surface area contributed by atoms with Crippen LogP contribution < -0.4 is 14.8 Å². The molecule has 6 rings (SSSR count). The number of nitrogens with two attached hydrogens (primary N) is 1. The number of imidazole rings is 1. The zero-order chi connectivity index (χ0) is 25.4. The average Bonchev–Trinajstić information content (AvgIpc) is 3.36. The number of para-hydroxylation sites is 1. The molecule has 0 aliphatic carbocycles. The number of hydrogen-bond acceptors (Lipinski definition) is 8. The number of hydrogen-bond donors (Lipinski definition) is 1. The van der Waals surface area contributed by atoms with Gasteiger partial charge in [-0.15, -0.1) is 0 Å². The van der Waals surface area contributed by atoms with E-state index < -0.39 is 10.0 Å². The van der Waals surface area contributed by atoms with E-state index in [0.29, 0.717) is 43.5 Å². The van der Waals surface area contributed by atoms with Gasteiger partial charge in [-0.2, -0.15) is 0 Å². The van der Waals surface area contributed by atoms with Gasteiger partial charge in [0.2, 0.25) is 15.9 Å². The molecule has 0 spiro atoms. The standard InChI is InChI=1S/C26H24N6O4S/c27-37(33,34)21-8-5-19(6-9-21)23-15-28-25(31-11-13-35-14-12-31)26-29-20(16-32(23)26)17-36-24-10-7-18-3-1-2-4-22(18)30-24/h1-10,15-16H,11-14,17H2,(H2,27,33,34). The number of anilines is 1. The molecule has 0 amide bonds. The predicted octanol–water partition coefficient (Wildman–Crippen LogP) is 3.01. The van der Waals surface area contributed by atoms with Crippen molar-refractivity contribution in [3.05, 3.63) is 78.8 Å². The van der Waals surface area contributed by atoms with Crippen LogP contribution in [0.2, 0.25) is 0 Å². The second-order valence-electron chi connectivity index (χ2n) is 8.69. The van der Waals surface area contributed by atoms with Crippen LogP contribution in [-0.2, 0) is 21.4 Å². The fourth-order valence-corrected chi connectivity index (χ4v) is 4.90. The van der Waals surface area contributed by atoms with Crippen molar-refractivity contribution in [1.82, 2.24) is 19.4 Å². The summed E-state index contributed by atoms with van der Waals surface area (Å²) in [6.45, 7) is 2.89. The smallest absolute Gasteiger partial charge is 0.238 e. The van der Waals surface area contributed by atoms with Gasteiger partial charge in [0, 0.05) is 36.3 Å². The molecule has 1 aliphatic heterocycles. The monoisotopic (exact) mass is 516 g/mol. The molecule has 37 heavy (non-hydrogen) atoms. The minimum absolute atomic E-state index is 0.0491. The van der Waals surface area contributed by atoms with E-state index in [2.05, 4.69) is 9.88 Å². The van der Waals surface area contributed by atoms with Crippen molar-refractivity contribution in [3.63, 3.8) is 0 Å². The Balaban J connectivity index is 1.37. The number of benzene rings is 2. The summed E-state index contributed by atoms with van der Waals surface area (Å²) in [5, 5.41) is 6.31. The number of nitrogens with zero attached hydrogens (tertiary/aromatic N) is 5. The SMILES string of the molecule is NS(=O)(=O)c1ccc(-c2cnc(N3CCOCC3)c3nc(COc4ccc5ccccc5n4)cn23)cc1. The largest absolute Gasteiger partial charge is 0.471 e. The number of pyridine rings is 1. The van der Waals surface area contributed by atoms with E-state index in [1.165, 1.54) is 12.1 Å². The van der Waals surface area contributed by atoms with Crippen molar-refractivity contribution in [2.75, 3.05) is 31.2 Å². The lowest BCUT2D eigenvalue weighted by atomic mass is 10.1. The number of morpholine rings is 1. The highest BCUT2D eigenvalue weighted by atomic mass is 32.2. The van der Waals surface area contributed by atoms with Gasteiger partial charge in [0.05, 0.1) is 41.2 Å². The zero-order valence-corrected chi connectivity index (χ0v) is 20.6. The Morgan fingerprint density at radius 1 is 0.973 bits per heavy atom. The van der Waals surface area contributed by atoms with Crippen LogP contribution in [0.1, 0.15) is 5.69 Å². The Bertz CT molecular complexity index is 1700. The maximum atomic E-state index is 11.7. The molecule has 1 aliphatic rings. The van der Waals surface area contributed by atoms with Gasteiger partial charge in [0.25, 0.3) is 0 Å². The number of sulfonamides is 1. The van der Waals surface area contributed by atoms with Gasteiger partial charge in [0.1, 0.15) is 6.61 Å². The Morgan fingerprint density at radius 2 is 1.76 bits per heavy atom. The fraction of sp³-hybridized carbons (Fsp3) is 0.192. The van der Waals surface area contributed by atoms with Crippen LogP contribution in [0.5, 0.6) is 5.88 Å². The first kappa shape index (κ1) is 23.3. The van der Waals surface area contributed by atoms with E-state index in [1.807, 2.05) is 47.0 Å².